The molecule has 1 aromatic carbocycles. The van der Waals surface area contributed by atoms with Gasteiger partial charge in [-0.3, -0.25) is 0 Å². The van der Waals surface area contributed by atoms with Crippen molar-refractivity contribution >= 4 is 15.9 Å². The number of benzene rings is 1. The van der Waals surface area contributed by atoms with E-state index in [1.165, 1.54) is 0 Å². The SMILES string of the molecule is COc1ccc(Br)cc1C(N)C1C(C)(C)C1(C)C. The van der Waals surface area contributed by atoms with Crippen molar-refractivity contribution in [3.05, 3.63) is 28.2 Å². The van der Waals surface area contributed by atoms with Crippen LogP contribution in [0.5, 0.6) is 5.75 Å². The lowest BCUT2D eigenvalue weighted by atomic mass is 9.96. The maximum atomic E-state index is 6.50. The summed E-state index contributed by atoms with van der Waals surface area (Å²) in [5, 5.41) is 0. The van der Waals surface area contributed by atoms with Crippen molar-refractivity contribution in [2.75, 3.05) is 7.11 Å². The van der Waals surface area contributed by atoms with E-state index in [4.69, 9.17) is 10.5 Å². The molecule has 1 aliphatic carbocycles. The maximum Gasteiger partial charge on any atom is 0.123 e. The summed E-state index contributed by atoms with van der Waals surface area (Å²) < 4.78 is 6.48. The van der Waals surface area contributed by atoms with Crippen LogP contribution in [0.2, 0.25) is 0 Å². The van der Waals surface area contributed by atoms with Gasteiger partial charge < -0.3 is 10.5 Å². The first-order valence-electron chi connectivity index (χ1n) is 6.32. The Bertz CT molecular complexity index is 454. The van der Waals surface area contributed by atoms with E-state index < -0.39 is 0 Å². The monoisotopic (exact) mass is 311 g/mol. The van der Waals surface area contributed by atoms with E-state index in [1.54, 1.807) is 7.11 Å². The predicted molar refractivity (Wildman–Crippen MR) is 78.7 cm³/mol. The van der Waals surface area contributed by atoms with Crippen LogP contribution in [0.25, 0.3) is 0 Å². The van der Waals surface area contributed by atoms with Crippen LogP contribution in [-0.2, 0) is 0 Å². The minimum atomic E-state index is 0.0162. The van der Waals surface area contributed by atoms with E-state index in [2.05, 4.69) is 49.7 Å². The summed E-state index contributed by atoms with van der Waals surface area (Å²) in [5.41, 5.74) is 8.14. The van der Waals surface area contributed by atoms with Crippen LogP contribution >= 0.6 is 15.9 Å². The van der Waals surface area contributed by atoms with E-state index in [0.29, 0.717) is 5.92 Å². The Balaban J connectivity index is 2.36. The quantitative estimate of drug-likeness (QED) is 0.910. The van der Waals surface area contributed by atoms with Crippen LogP contribution < -0.4 is 10.5 Å². The minimum Gasteiger partial charge on any atom is -0.496 e. The Hall–Kier alpha value is -0.540. The van der Waals surface area contributed by atoms with Crippen LogP contribution in [0.4, 0.5) is 0 Å². The molecule has 0 radical (unpaired) electrons. The molecule has 1 atom stereocenters. The second kappa shape index (κ2) is 4.24. The maximum absolute atomic E-state index is 6.50. The number of halogens is 1. The smallest absolute Gasteiger partial charge is 0.123 e. The van der Waals surface area contributed by atoms with Gasteiger partial charge >= 0.3 is 0 Å². The van der Waals surface area contributed by atoms with E-state index in [-0.39, 0.29) is 16.9 Å². The molecule has 3 heteroatoms. The van der Waals surface area contributed by atoms with Crippen molar-refractivity contribution in [1.82, 2.24) is 0 Å². The lowest BCUT2D eigenvalue weighted by molar-refractivity contribution is 0.396. The van der Waals surface area contributed by atoms with Crippen molar-refractivity contribution in [3.8, 4) is 5.75 Å². The van der Waals surface area contributed by atoms with Crippen LogP contribution in [0.3, 0.4) is 0 Å². The molecule has 1 aromatic rings. The number of nitrogens with two attached hydrogens (primary N) is 1. The summed E-state index contributed by atoms with van der Waals surface area (Å²) in [6, 6.07) is 6.05. The number of methoxy groups -OCH3 is 1. The third-order valence-electron chi connectivity index (χ3n) is 5.04. The largest absolute Gasteiger partial charge is 0.496 e. The lowest BCUT2D eigenvalue weighted by Gasteiger charge is -2.18. The van der Waals surface area contributed by atoms with Gasteiger partial charge in [-0.25, -0.2) is 0 Å². The van der Waals surface area contributed by atoms with Gasteiger partial charge in [-0.2, -0.15) is 0 Å². The summed E-state index contributed by atoms with van der Waals surface area (Å²) in [6.45, 7) is 9.17. The average molecular weight is 312 g/mol. The summed E-state index contributed by atoms with van der Waals surface area (Å²) in [4.78, 5) is 0. The van der Waals surface area contributed by atoms with Crippen molar-refractivity contribution in [3.63, 3.8) is 0 Å². The van der Waals surface area contributed by atoms with Gasteiger partial charge in [0.1, 0.15) is 5.75 Å². The summed E-state index contributed by atoms with van der Waals surface area (Å²) >= 11 is 3.51. The molecular weight excluding hydrogens is 290 g/mol. The van der Waals surface area contributed by atoms with Gasteiger partial charge in [-0.05, 0) is 34.9 Å². The van der Waals surface area contributed by atoms with Gasteiger partial charge in [0.05, 0.1) is 7.11 Å². The molecule has 1 unspecified atom stereocenters. The van der Waals surface area contributed by atoms with Crippen molar-refractivity contribution in [1.29, 1.82) is 0 Å². The Kier molecular flexibility index (Phi) is 3.27. The molecule has 0 aliphatic heterocycles. The number of ether oxygens (including phenoxy) is 1. The van der Waals surface area contributed by atoms with Gasteiger partial charge in [-0.1, -0.05) is 43.6 Å². The number of hydrogen-bond acceptors (Lipinski definition) is 2. The zero-order valence-corrected chi connectivity index (χ0v) is 13.3. The second-order valence-corrected chi connectivity index (χ2v) is 7.25. The highest BCUT2D eigenvalue weighted by Crippen LogP contribution is 2.72. The van der Waals surface area contributed by atoms with Gasteiger partial charge in [-0.15, -0.1) is 0 Å². The third kappa shape index (κ3) is 1.88. The third-order valence-corrected chi connectivity index (χ3v) is 5.54. The molecule has 1 aliphatic rings. The highest BCUT2D eigenvalue weighted by molar-refractivity contribution is 9.10. The summed E-state index contributed by atoms with van der Waals surface area (Å²) in [7, 11) is 1.70. The second-order valence-electron chi connectivity index (χ2n) is 6.33. The molecule has 2 rings (SSSR count). The molecule has 2 N–H and O–H groups in total. The van der Waals surface area contributed by atoms with Gasteiger partial charge in [0, 0.05) is 16.1 Å². The Morgan fingerprint density at radius 1 is 1.22 bits per heavy atom. The molecule has 2 nitrogen and oxygen atoms in total. The first-order chi connectivity index (χ1) is 8.23. The molecule has 100 valence electrons. The van der Waals surface area contributed by atoms with E-state index in [9.17, 15) is 0 Å². The zero-order valence-electron chi connectivity index (χ0n) is 11.8. The standard InChI is InChI=1S/C15H22BrNO/c1-14(2)13(15(14,3)4)12(17)10-8-9(16)6-7-11(10)18-5/h6-8,12-13H,17H2,1-5H3. The van der Waals surface area contributed by atoms with Crippen molar-refractivity contribution in [2.45, 2.75) is 33.7 Å². The molecule has 0 aromatic heterocycles. The first kappa shape index (κ1) is 13.9. The normalized spacial score (nSPS) is 22.6. The molecule has 0 amide bonds. The fourth-order valence-corrected chi connectivity index (χ4v) is 3.67. The van der Waals surface area contributed by atoms with Crippen LogP contribution in [0, 0.1) is 16.7 Å². The first-order valence-corrected chi connectivity index (χ1v) is 7.12. The Labute approximate surface area is 118 Å². The molecule has 18 heavy (non-hydrogen) atoms. The van der Waals surface area contributed by atoms with Crippen LogP contribution in [0.15, 0.2) is 22.7 Å². The molecule has 1 saturated carbocycles. The Morgan fingerprint density at radius 2 is 1.78 bits per heavy atom. The molecule has 1 fully saturated rings. The van der Waals surface area contributed by atoms with Gasteiger partial charge in [0.2, 0.25) is 0 Å². The molecule has 0 bridgehead atoms. The molecule has 0 saturated heterocycles. The summed E-state index contributed by atoms with van der Waals surface area (Å²) in [6.07, 6.45) is 0. The van der Waals surface area contributed by atoms with E-state index >= 15 is 0 Å². The van der Waals surface area contributed by atoms with Gasteiger partial charge in [0.15, 0.2) is 0 Å². The highest BCUT2D eigenvalue weighted by atomic mass is 79.9. The van der Waals surface area contributed by atoms with Crippen LogP contribution in [-0.4, -0.2) is 7.11 Å². The molecule has 0 heterocycles. The van der Waals surface area contributed by atoms with E-state index in [0.717, 1.165) is 15.8 Å². The Morgan fingerprint density at radius 3 is 2.22 bits per heavy atom. The van der Waals surface area contributed by atoms with Crippen LogP contribution in [0.1, 0.15) is 39.3 Å². The fraction of sp³-hybridized carbons (Fsp3) is 0.600. The lowest BCUT2D eigenvalue weighted by Crippen LogP contribution is -2.17. The zero-order chi connectivity index (χ0) is 13.7. The topological polar surface area (TPSA) is 35.2 Å². The summed E-state index contributed by atoms with van der Waals surface area (Å²) in [5.74, 6) is 1.36. The molecule has 0 spiro atoms. The number of rotatable bonds is 3. The predicted octanol–water partition coefficient (Wildman–Crippen LogP) is 4.14. The van der Waals surface area contributed by atoms with Crippen molar-refractivity contribution in [2.24, 2.45) is 22.5 Å². The minimum absolute atomic E-state index is 0.0162. The number of hydrogen-bond donors (Lipinski definition) is 1. The fourth-order valence-electron chi connectivity index (χ4n) is 3.29. The van der Waals surface area contributed by atoms with Gasteiger partial charge in [0.25, 0.3) is 0 Å². The molecular formula is C15H22BrNO. The average Bonchev–Trinajstić information content (AvgIpc) is 2.68. The highest BCUT2D eigenvalue weighted by Gasteiger charge is 2.66. The van der Waals surface area contributed by atoms with E-state index in [1.807, 2.05) is 12.1 Å². The van der Waals surface area contributed by atoms with Crippen molar-refractivity contribution < 1.29 is 4.74 Å².